The normalized spacial score (nSPS) is 16.6. The molecule has 1 N–H and O–H groups in total. The molecule has 0 bridgehead atoms. The molecule has 0 radical (unpaired) electrons. The van der Waals surface area contributed by atoms with Crippen molar-refractivity contribution in [3.8, 4) is 0 Å². The summed E-state index contributed by atoms with van der Waals surface area (Å²) in [5.74, 6) is -0.802. The van der Waals surface area contributed by atoms with Gasteiger partial charge in [0.1, 0.15) is 17.4 Å². The van der Waals surface area contributed by atoms with Gasteiger partial charge in [-0.05, 0) is 36.4 Å². The summed E-state index contributed by atoms with van der Waals surface area (Å²) in [6.45, 7) is 0. The number of rotatable bonds is 4. The van der Waals surface area contributed by atoms with Crippen molar-refractivity contribution in [3.63, 3.8) is 0 Å². The molecule has 0 saturated heterocycles. The van der Waals surface area contributed by atoms with Crippen LogP contribution in [-0.4, -0.2) is 27.7 Å². The van der Waals surface area contributed by atoms with Crippen molar-refractivity contribution in [2.45, 2.75) is 12.2 Å². The van der Waals surface area contributed by atoms with E-state index in [1.165, 1.54) is 36.0 Å². The van der Waals surface area contributed by atoms with Crippen molar-refractivity contribution in [1.82, 2.24) is 0 Å². The molecule has 1 heterocycles. The van der Waals surface area contributed by atoms with E-state index in [9.17, 15) is 32.5 Å². The van der Waals surface area contributed by atoms with Crippen LogP contribution in [0, 0.1) is 15.9 Å². The topological polar surface area (TPSA) is 84.6 Å². The average Bonchev–Trinajstić information content (AvgIpc) is 3.11. The molecular formula is C17H11F4N3O3S. The Kier molecular flexibility index (Phi) is 5.36. The highest BCUT2D eigenvalue weighted by molar-refractivity contribution is 8.14. The molecule has 1 amide bonds. The first-order valence-corrected chi connectivity index (χ1v) is 8.77. The SMILES string of the molecule is O=C(Nc1ccc([N+](=O)[O-])c(C(F)(F)F)c1)C1CSC(c2ccc(F)cc2)=N1. The van der Waals surface area contributed by atoms with Gasteiger partial charge >= 0.3 is 6.18 Å². The first-order chi connectivity index (χ1) is 13.1. The monoisotopic (exact) mass is 413 g/mol. The lowest BCUT2D eigenvalue weighted by atomic mass is 10.1. The second-order valence-electron chi connectivity index (χ2n) is 5.74. The quantitative estimate of drug-likeness (QED) is 0.461. The molecule has 2 aromatic rings. The molecule has 0 aliphatic carbocycles. The summed E-state index contributed by atoms with van der Waals surface area (Å²) in [4.78, 5) is 26.2. The Morgan fingerprint density at radius 3 is 2.50 bits per heavy atom. The van der Waals surface area contributed by atoms with E-state index in [1.54, 1.807) is 0 Å². The minimum atomic E-state index is -4.94. The maximum absolute atomic E-state index is 13.0. The molecule has 146 valence electrons. The number of hydrogen-bond acceptors (Lipinski definition) is 5. The molecule has 1 aliphatic heterocycles. The number of nitrogens with zero attached hydrogens (tertiary/aromatic N) is 2. The highest BCUT2D eigenvalue weighted by atomic mass is 32.2. The van der Waals surface area contributed by atoms with Crippen LogP contribution in [0.5, 0.6) is 0 Å². The number of nitro groups is 1. The molecule has 6 nitrogen and oxygen atoms in total. The summed E-state index contributed by atoms with van der Waals surface area (Å²) in [6, 6.07) is 6.90. The first-order valence-electron chi connectivity index (χ1n) is 7.78. The van der Waals surface area contributed by atoms with Crippen LogP contribution in [0.3, 0.4) is 0 Å². The van der Waals surface area contributed by atoms with E-state index >= 15 is 0 Å². The summed E-state index contributed by atoms with van der Waals surface area (Å²) in [5, 5.41) is 13.6. The minimum Gasteiger partial charge on any atom is -0.324 e. The third kappa shape index (κ3) is 4.30. The summed E-state index contributed by atoms with van der Waals surface area (Å²) in [6.07, 6.45) is -4.94. The Balaban J connectivity index is 1.78. The van der Waals surface area contributed by atoms with Gasteiger partial charge in [-0.2, -0.15) is 13.2 Å². The summed E-state index contributed by atoms with van der Waals surface area (Å²) < 4.78 is 52.1. The van der Waals surface area contributed by atoms with Gasteiger partial charge < -0.3 is 5.32 Å². The lowest BCUT2D eigenvalue weighted by molar-refractivity contribution is -0.388. The number of thioether (sulfide) groups is 1. The Bertz CT molecular complexity index is 961. The summed E-state index contributed by atoms with van der Waals surface area (Å²) >= 11 is 1.26. The standard InChI is InChI=1S/C17H11F4N3O3S/c18-10-3-1-9(2-4-10)16-23-13(8-28-16)15(25)22-11-5-6-14(24(26)27)12(7-11)17(19,20)21/h1-7,13H,8H2,(H,22,25). The minimum absolute atomic E-state index is 0.224. The first kappa shape index (κ1) is 19.8. The van der Waals surface area contributed by atoms with E-state index in [4.69, 9.17) is 0 Å². The number of carbonyl (C=O) groups is 1. The van der Waals surface area contributed by atoms with E-state index in [1.807, 2.05) is 0 Å². The van der Waals surface area contributed by atoms with Crippen molar-refractivity contribution in [1.29, 1.82) is 0 Å². The Morgan fingerprint density at radius 2 is 1.89 bits per heavy atom. The molecule has 1 aliphatic rings. The van der Waals surface area contributed by atoms with Crippen LogP contribution in [0.15, 0.2) is 47.5 Å². The third-order valence-electron chi connectivity index (χ3n) is 3.81. The Hall–Kier alpha value is -2.95. The van der Waals surface area contributed by atoms with Gasteiger partial charge in [-0.1, -0.05) is 0 Å². The number of aliphatic imine (C=N–C) groups is 1. The lowest BCUT2D eigenvalue weighted by Gasteiger charge is -2.12. The molecule has 2 aromatic carbocycles. The van der Waals surface area contributed by atoms with Gasteiger partial charge in [0.15, 0.2) is 0 Å². The van der Waals surface area contributed by atoms with Crippen LogP contribution in [-0.2, 0) is 11.0 Å². The van der Waals surface area contributed by atoms with Gasteiger partial charge in [0.25, 0.3) is 5.69 Å². The van der Waals surface area contributed by atoms with Gasteiger partial charge in [-0.3, -0.25) is 19.9 Å². The molecule has 0 aromatic heterocycles. The van der Waals surface area contributed by atoms with Crippen LogP contribution in [0.25, 0.3) is 0 Å². The molecule has 0 fully saturated rings. The van der Waals surface area contributed by atoms with Gasteiger partial charge in [0, 0.05) is 23.1 Å². The second kappa shape index (κ2) is 7.58. The fourth-order valence-corrected chi connectivity index (χ4v) is 3.53. The zero-order chi connectivity index (χ0) is 20.5. The predicted octanol–water partition coefficient (Wildman–Crippen LogP) is 4.25. The Morgan fingerprint density at radius 1 is 1.21 bits per heavy atom. The smallest absolute Gasteiger partial charge is 0.324 e. The number of amides is 1. The summed E-state index contributed by atoms with van der Waals surface area (Å²) in [7, 11) is 0. The number of hydrogen-bond donors (Lipinski definition) is 1. The van der Waals surface area contributed by atoms with E-state index in [0.717, 1.165) is 6.07 Å². The molecule has 28 heavy (non-hydrogen) atoms. The number of carbonyl (C=O) groups excluding carboxylic acids is 1. The second-order valence-corrected chi connectivity index (χ2v) is 6.75. The van der Waals surface area contributed by atoms with E-state index < -0.39 is 40.1 Å². The van der Waals surface area contributed by atoms with Crippen molar-refractivity contribution < 1.29 is 27.3 Å². The van der Waals surface area contributed by atoms with Crippen molar-refractivity contribution in [2.24, 2.45) is 4.99 Å². The van der Waals surface area contributed by atoms with E-state index in [2.05, 4.69) is 10.3 Å². The van der Waals surface area contributed by atoms with E-state index in [-0.39, 0.29) is 11.4 Å². The maximum atomic E-state index is 13.0. The molecular weight excluding hydrogens is 402 g/mol. The van der Waals surface area contributed by atoms with Crippen LogP contribution in [0.2, 0.25) is 0 Å². The number of nitro benzene ring substituents is 1. The Labute approximate surface area is 159 Å². The number of nitrogens with one attached hydrogen (secondary N) is 1. The molecule has 1 unspecified atom stereocenters. The molecule has 0 saturated carbocycles. The number of anilines is 1. The third-order valence-corrected chi connectivity index (χ3v) is 4.91. The lowest BCUT2D eigenvalue weighted by Crippen LogP contribution is -2.26. The largest absolute Gasteiger partial charge is 0.423 e. The zero-order valence-corrected chi connectivity index (χ0v) is 14.7. The molecule has 3 rings (SSSR count). The van der Waals surface area contributed by atoms with Gasteiger partial charge in [-0.25, -0.2) is 4.39 Å². The predicted molar refractivity (Wildman–Crippen MR) is 95.9 cm³/mol. The van der Waals surface area contributed by atoms with Crippen LogP contribution >= 0.6 is 11.8 Å². The van der Waals surface area contributed by atoms with Crippen LogP contribution < -0.4 is 5.32 Å². The molecule has 1 atom stereocenters. The zero-order valence-electron chi connectivity index (χ0n) is 13.9. The van der Waals surface area contributed by atoms with Crippen LogP contribution in [0.1, 0.15) is 11.1 Å². The van der Waals surface area contributed by atoms with Crippen LogP contribution in [0.4, 0.5) is 28.9 Å². The number of benzene rings is 2. The van der Waals surface area contributed by atoms with Crippen molar-refractivity contribution >= 4 is 34.1 Å². The van der Waals surface area contributed by atoms with Crippen molar-refractivity contribution in [3.05, 3.63) is 69.5 Å². The fraction of sp³-hybridized carbons (Fsp3) is 0.176. The molecule has 0 spiro atoms. The van der Waals surface area contributed by atoms with Gasteiger partial charge in [0.05, 0.1) is 9.97 Å². The van der Waals surface area contributed by atoms with Crippen molar-refractivity contribution in [2.75, 3.05) is 11.1 Å². The summed E-state index contributed by atoms with van der Waals surface area (Å²) in [5.41, 5.74) is -2.15. The van der Waals surface area contributed by atoms with Gasteiger partial charge in [-0.15, -0.1) is 11.8 Å². The molecule has 11 heteroatoms. The number of alkyl halides is 3. The highest BCUT2D eigenvalue weighted by Crippen LogP contribution is 2.37. The van der Waals surface area contributed by atoms with Gasteiger partial charge in [0.2, 0.25) is 5.91 Å². The maximum Gasteiger partial charge on any atom is 0.423 e. The number of halogens is 4. The highest BCUT2D eigenvalue weighted by Gasteiger charge is 2.38. The fourth-order valence-electron chi connectivity index (χ4n) is 2.48. The average molecular weight is 413 g/mol. The van der Waals surface area contributed by atoms with E-state index in [0.29, 0.717) is 22.7 Å².